The number of benzene rings is 1. The van der Waals surface area contributed by atoms with Crippen molar-refractivity contribution in [2.24, 2.45) is 0 Å². The summed E-state index contributed by atoms with van der Waals surface area (Å²) in [6, 6.07) is 4.77. The molecule has 0 aliphatic rings. The van der Waals surface area contributed by atoms with Crippen LogP contribution in [0.4, 0.5) is 4.39 Å². The van der Waals surface area contributed by atoms with Gasteiger partial charge < -0.3 is 4.74 Å². The molecule has 0 spiro atoms. The molecule has 1 atom stereocenters. The Labute approximate surface area is 77.8 Å². The molecule has 69 valence electrons. The first-order chi connectivity index (χ1) is 6.20. The van der Waals surface area contributed by atoms with Crippen molar-refractivity contribution in [3.63, 3.8) is 0 Å². The van der Waals surface area contributed by atoms with Crippen molar-refractivity contribution in [3.05, 3.63) is 49.2 Å². The zero-order chi connectivity index (χ0) is 9.84. The van der Waals surface area contributed by atoms with Crippen LogP contribution < -0.4 is 4.74 Å². The number of methoxy groups -OCH3 is 1. The molecular weight excluding hydrogens is 167 g/mol. The van der Waals surface area contributed by atoms with E-state index in [0.29, 0.717) is 0 Å². The summed E-state index contributed by atoms with van der Waals surface area (Å²) in [5.41, 5.74) is 0.720. The molecule has 1 unspecified atom stereocenters. The molecule has 1 aromatic carbocycles. The average Bonchev–Trinajstić information content (AvgIpc) is 2.16. The molecule has 0 saturated heterocycles. The van der Waals surface area contributed by atoms with Crippen LogP contribution in [0.2, 0.25) is 0 Å². The minimum Gasteiger partial charge on any atom is -0.493 e. The highest BCUT2D eigenvalue weighted by molar-refractivity contribution is 5.39. The summed E-state index contributed by atoms with van der Waals surface area (Å²) >= 11 is 0. The van der Waals surface area contributed by atoms with Crippen molar-refractivity contribution in [1.29, 1.82) is 0 Å². The van der Waals surface area contributed by atoms with Gasteiger partial charge in [-0.25, -0.2) is 4.39 Å². The van der Waals surface area contributed by atoms with Crippen molar-refractivity contribution in [2.45, 2.75) is 5.92 Å². The van der Waals surface area contributed by atoms with Gasteiger partial charge >= 0.3 is 0 Å². The predicted molar refractivity (Wildman–Crippen MR) is 51.2 cm³/mol. The molecule has 0 bridgehead atoms. The minimum atomic E-state index is -0.365. The summed E-state index contributed by atoms with van der Waals surface area (Å²) < 4.78 is 18.1. The van der Waals surface area contributed by atoms with Gasteiger partial charge in [-0.2, -0.15) is 0 Å². The lowest BCUT2D eigenvalue weighted by Crippen LogP contribution is -1.97. The maximum atomic E-state index is 13.2. The van der Waals surface area contributed by atoms with Crippen molar-refractivity contribution in [2.75, 3.05) is 7.11 Å². The molecule has 13 heavy (non-hydrogen) atoms. The summed E-state index contributed by atoms with van der Waals surface area (Å²) in [5.74, 6) is -0.261. The Morgan fingerprint density at radius 1 is 1.54 bits per heavy atom. The maximum Gasteiger partial charge on any atom is 0.165 e. The van der Waals surface area contributed by atoms with Crippen LogP contribution in [0.5, 0.6) is 5.75 Å². The van der Waals surface area contributed by atoms with E-state index in [2.05, 4.69) is 13.5 Å². The molecule has 1 radical (unpaired) electrons. The standard InChI is InChI=1S/C11H12FO/c1-4-8(2)9-6-5-7-10(12)11(9)13-3/h4-8H,1-2H2,3H3. The highest BCUT2D eigenvalue weighted by atomic mass is 19.1. The van der Waals surface area contributed by atoms with Crippen LogP contribution in [0.15, 0.2) is 30.9 Å². The number of para-hydroxylation sites is 1. The first kappa shape index (κ1) is 9.78. The Balaban J connectivity index is 3.19. The first-order valence-electron chi connectivity index (χ1n) is 3.98. The highest BCUT2D eigenvalue weighted by Gasteiger charge is 2.11. The first-order valence-corrected chi connectivity index (χ1v) is 3.98. The maximum absolute atomic E-state index is 13.2. The lowest BCUT2D eigenvalue weighted by Gasteiger charge is -2.12. The third kappa shape index (κ3) is 1.89. The highest BCUT2D eigenvalue weighted by Crippen LogP contribution is 2.29. The van der Waals surface area contributed by atoms with Crippen LogP contribution in [-0.2, 0) is 0 Å². The van der Waals surface area contributed by atoms with E-state index in [-0.39, 0.29) is 17.5 Å². The second-order valence-corrected chi connectivity index (χ2v) is 2.70. The Kier molecular flexibility index (Phi) is 3.07. The van der Waals surface area contributed by atoms with Gasteiger partial charge in [0, 0.05) is 11.5 Å². The number of allylic oxidation sites excluding steroid dienone is 1. The summed E-state index contributed by atoms with van der Waals surface area (Å²) in [7, 11) is 1.44. The van der Waals surface area contributed by atoms with Gasteiger partial charge in [-0.3, -0.25) is 0 Å². The van der Waals surface area contributed by atoms with Crippen molar-refractivity contribution < 1.29 is 9.13 Å². The van der Waals surface area contributed by atoms with Crippen molar-refractivity contribution >= 4 is 0 Å². The summed E-state index contributed by atoms with van der Waals surface area (Å²) in [4.78, 5) is 0. The van der Waals surface area contributed by atoms with Gasteiger partial charge in [0.2, 0.25) is 0 Å². The Morgan fingerprint density at radius 2 is 2.23 bits per heavy atom. The lowest BCUT2D eigenvalue weighted by atomic mass is 10.0. The van der Waals surface area contributed by atoms with E-state index < -0.39 is 0 Å². The fourth-order valence-electron chi connectivity index (χ4n) is 1.16. The molecule has 0 amide bonds. The quantitative estimate of drug-likeness (QED) is 0.648. The molecule has 0 saturated carbocycles. The average molecular weight is 179 g/mol. The van der Waals surface area contributed by atoms with E-state index in [9.17, 15) is 4.39 Å². The second kappa shape index (κ2) is 4.08. The lowest BCUT2D eigenvalue weighted by molar-refractivity contribution is 0.381. The number of rotatable bonds is 3. The van der Waals surface area contributed by atoms with Gasteiger partial charge in [-0.05, 0) is 13.0 Å². The number of hydrogen-bond acceptors (Lipinski definition) is 1. The van der Waals surface area contributed by atoms with Crippen molar-refractivity contribution in [3.8, 4) is 5.75 Å². The normalized spacial score (nSPS) is 12.2. The van der Waals surface area contributed by atoms with Crippen molar-refractivity contribution in [1.82, 2.24) is 0 Å². The van der Waals surface area contributed by atoms with Gasteiger partial charge in [0.05, 0.1) is 7.11 Å². The monoisotopic (exact) mass is 179 g/mol. The molecular formula is C11H12FO. The fraction of sp³-hybridized carbons (Fsp3) is 0.182. The largest absolute Gasteiger partial charge is 0.493 e. The van der Waals surface area contributed by atoms with E-state index in [1.807, 2.05) is 0 Å². The molecule has 0 heterocycles. The van der Waals surface area contributed by atoms with Crippen LogP contribution in [-0.4, -0.2) is 7.11 Å². The third-order valence-electron chi connectivity index (χ3n) is 1.89. The van der Waals surface area contributed by atoms with Gasteiger partial charge in [-0.15, -0.1) is 6.58 Å². The second-order valence-electron chi connectivity index (χ2n) is 2.70. The predicted octanol–water partition coefficient (Wildman–Crippen LogP) is 2.94. The molecule has 2 heteroatoms. The zero-order valence-corrected chi connectivity index (χ0v) is 7.59. The smallest absolute Gasteiger partial charge is 0.165 e. The van der Waals surface area contributed by atoms with E-state index in [0.717, 1.165) is 5.56 Å². The van der Waals surface area contributed by atoms with Gasteiger partial charge in [-0.1, -0.05) is 18.2 Å². The Hall–Kier alpha value is -1.31. The van der Waals surface area contributed by atoms with E-state index in [4.69, 9.17) is 4.74 Å². The number of ether oxygens (including phenoxy) is 1. The topological polar surface area (TPSA) is 9.23 Å². The Bertz CT molecular complexity index is 307. The third-order valence-corrected chi connectivity index (χ3v) is 1.89. The molecule has 0 N–H and O–H groups in total. The molecule has 0 aromatic heterocycles. The zero-order valence-electron chi connectivity index (χ0n) is 7.59. The molecule has 0 aliphatic heterocycles. The van der Waals surface area contributed by atoms with Gasteiger partial charge in [0.15, 0.2) is 11.6 Å². The SMILES string of the molecule is [CH2]C(C=C)c1cccc(F)c1OC. The fourth-order valence-corrected chi connectivity index (χ4v) is 1.16. The summed E-state index contributed by atoms with van der Waals surface area (Å²) in [6.45, 7) is 7.41. The molecule has 1 rings (SSSR count). The van der Waals surface area contributed by atoms with E-state index in [1.54, 1.807) is 18.2 Å². The number of halogens is 1. The van der Waals surface area contributed by atoms with Gasteiger partial charge in [0.1, 0.15) is 0 Å². The van der Waals surface area contributed by atoms with Crippen LogP contribution in [0.3, 0.4) is 0 Å². The minimum absolute atomic E-state index is 0.148. The molecule has 1 aromatic rings. The van der Waals surface area contributed by atoms with E-state index >= 15 is 0 Å². The van der Waals surface area contributed by atoms with Gasteiger partial charge in [0.25, 0.3) is 0 Å². The molecule has 1 nitrogen and oxygen atoms in total. The van der Waals surface area contributed by atoms with E-state index in [1.165, 1.54) is 13.2 Å². The summed E-state index contributed by atoms with van der Waals surface area (Å²) in [5, 5.41) is 0. The van der Waals surface area contributed by atoms with Crippen LogP contribution >= 0.6 is 0 Å². The molecule has 0 fully saturated rings. The van der Waals surface area contributed by atoms with Crippen LogP contribution in [0.1, 0.15) is 11.5 Å². The van der Waals surface area contributed by atoms with Crippen LogP contribution in [0, 0.1) is 12.7 Å². The summed E-state index contributed by atoms with van der Waals surface area (Å²) in [6.07, 6.45) is 1.65. The Morgan fingerprint density at radius 3 is 2.77 bits per heavy atom. The molecule has 0 aliphatic carbocycles. The van der Waals surface area contributed by atoms with Crippen LogP contribution in [0.25, 0.3) is 0 Å². The number of hydrogen-bond donors (Lipinski definition) is 0.